The summed E-state index contributed by atoms with van der Waals surface area (Å²) in [5.41, 5.74) is 6.05. The van der Waals surface area contributed by atoms with Crippen molar-refractivity contribution in [2.75, 3.05) is 30.3 Å². The summed E-state index contributed by atoms with van der Waals surface area (Å²) in [5.74, 6) is -2.02. The van der Waals surface area contributed by atoms with Crippen molar-refractivity contribution < 1.29 is 13.9 Å². The molecule has 12 heteroatoms. The summed E-state index contributed by atoms with van der Waals surface area (Å²) in [7, 11) is 0. The number of rotatable bonds is 3. The van der Waals surface area contributed by atoms with Gasteiger partial charge in [-0.3, -0.25) is 0 Å². The molecule has 1 fully saturated rings. The molecule has 1 saturated heterocycles. The standard InChI is InChI=1S/C23H16ClF2N7OS/c24-14-7-12-18(17(26)16(14)11-1-2-15(25)21-19(11)32-23(29)35-21)31-22(34)13(8-28)20(12)33-6-5-30-10(9-33)3-4-27/h1-2,7,10,30H,3,5-6,9H2,(H2,29,32)(H,31,34). The van der Waals surface area contributed by atoms with E-state index in [0.717, 1.165) is 11.3 Å². The molecule has 35 heavy (non-hydrogen) atoms. The van der Waals surface area contributed by atoms with Crippen molar-refractivity contribution in [3.05, 3.63) is 40.4 Å². The normalized spacial score (nSPS) is 15.9. The summed E-state index contributed by atoms with van der Waals surface area (Å²) in [4.78, 5) is 9.94. The van der Waals surface area contributed by atoms with Gasteiger partial charge in [0.05, 0.1) is 33.4 Å². The predicted molar refractivity (Wildman–Crippen MR) is 130 cm³/mol. The van der Waals surface area contributed by atoms with Crippen LogP contribution in [0.3, 0.4) is 0 Å². The number of nitrogens with one attached hydrogen (secondary N) is 1. The van der Waals surface area contributed by atoms with Gasteiger partial charge < -0.3 is 21.1 Å². The van der Waals surface area contributed by atoms with Gasteiger partial charge in [-0.2, -0.15) is 10.5 Å². The van der Waals surface area contributed by atoms with Gasteiger partial charge in [0, 0.05) is 42.2 Å². The number of nitrogens with zero attached hydrogens (tertiary/aromatic N) is 5. The largest absolute Gasteiger partial charge is 0.492 e. The molecule has 2 aromatic carbocycles. The first-order chi connectivity index (χ1) is 16.8. The quantitative estimate of drug-likeness (QED) is 0.370. The Morgan fingerprint density at radius 1 is 1.29 bits per heavy atom. The third-order valence-electron chi connectivity index (χ3n) is 5.93. The highest BCUT2D eigenvalue weighted by molar-refractivity contribution is 7.22. The number of hydrogen-bond donors (Lipinski definition) is 3. The van der Waals surface area contributed by atoms with Crippen LogP contribution in [0.15, 0.2) is 18.2 Å². The number of aromatic hydroxyl groups is 1. The average Bonchev–Trinajstić information content (AvgIpc) is 3.23. The molecule has 3 heterocycles. The zero-order valence-electron chi connectivity index (χ0n) is 17.9. The van der Waals surface area contributed by atoms with Gasteiger partial charge in [-0.05, 0) is 18.2 Å². The molecule has 1 aliphatic heterocycles. The summed E-state index contributed by atoms with van der Waals surface area (Å²) in [6.45, 7) is 1.33. The molecule has 4 aromatic rings. The monoisotopic (exact) mass is 511 g/mol. The van der Waals surface area contributed by atoms with Crippen LogP contribution in [0.4, 0.5) is 19.6 Å². The minimum absolute atomic E-state index is 0.00387. The van der Waals surface area contributed by atoms with Crippen molar-refractivity contribution >= 4 is 54.9 Å². The van der Waals surface area contributed by atoms with E-state index in [1.54, 1.807) is 0 Å². The molecule has 0 bridgehead atoms. The van der Waals surface area contributed by atoms with Crippen molar-refractivity contribution in [1.82, 2.24) is 15.3 Å². The number of fused-ring (bicyclic) bond motifs is 2. The summed E-state index contributed by atoms with van der Waals surface area (Å²) in [5, 5.41) is 33.0. The van der Waals surface area contributed by atoms with E-state index in [4.69, 9.17) is 22.6 Å². The molecule has 0 aliphatic carbocycles. The van der Waals surface area contributed by atoms with Crippen LogP contribution in [0.1, 0.15) is 12.0 Å². The lowest BCUT2D eigenvalue weighted by Crippen LogP contribution is -2.50. The van der Waals surface area contributed by atoms with Crippen molar-refractivity contribution in [3.63, 3.8) is 0 Å². The molecule has 1 aliphatic rings. The number of nitrogen functional groups attached to an aromatic ring is 1. The van der Waals surface area contributed by atoms with E-state index in [2.05, 4.69) is 21.4 Å². The topological polar surface area (TPSA) is 135 Å². The number of nitriles is 2. The molecule has 0 radical (unpaired) electrons. The Labute approximate surface area is 206 Å². The van der Waals surface area contributed by atoms with E-state index in [1.165, 1.54) is 18.2 Å². The SMILES string of the molecule is N#CCC1CN(c2c(C#N)c(O)nc3c(F)c(-c4ccc(F)c5sc(N)nc45)c(Cl)cc23)CCN1. The van der Waals surface area contributed by atoms with Gasteiger partial charge in [-0.1, -0.05) is 22.9 Å². The first-order valence-electron chi connectivity index (χ1n) is 10.5. The Morgan fingerprint density at radius 3 is 2.83 bits per heavy atom. The van der Waals surface area contributed by atoms with Gasteiger partial charge in [-0.25, -0.2) is 18.7 Å². The van der Waals surface area contributed by atoms with Crippen LogP contribution in [-0.2, 0) is 0 Å². The molecule has 5 rings (SSSR count). The molecule has 4 N–H and O–H groups in total. The second kappa shape index (κ2) is 8.78. The van der Waals surface area contributed by atoms with Crippen LogP contribution < -0.4 is 16.0 Å². The Balaban J connectivity index is 1.77. The molecule has 176 valence electrons. The van der Waals surface area contributed by atoms with E-state index in [9.17, 15) is 14.8 Å². The van der Waals surface area contributed by atoms with Gasteiger partial charge in [0.15, 0.2) is 10.9 Å². The number of halogens is 3. The first-order valence-corrected chi connectivity index (χ1v) is 11.7. The molecule has 2 aromatic heterocycles. The van der Waals surface area contributed by atoms with E-state index in [0.29, 0.717) is 19.6 Å². The van der Waals surface area contributed by atoms with Crippen LogP contribution in [0.25, 0.3) is 32.2 Å². The lowest BCUT2D eigenvalue weighted by molar-refractivity contribution is 0.448. The van der Waals surface area contributed by atoms with Crippen LogP contribution >= 0.6 is 22.9 Å². The van der Waals surface area contributed by atoms with Gasteiger partial charge in [0.2, 0.25) is 5.88 Å². The zero-order chi connectivity index (χ0) is 24.9. The lowest BCUT2D eigenvalue weighted by atomic mass is 9.98. The number of benzene rings is 2. The Bertz CT molecular complexity index is 1590. The van der Waals surface area contributed by atoms with Crippen molar-refractivity contribution in [2.45, 2.75) is 12.5 Å². The highest BCUT2D eigenvalue weighted by Gasteiger charge is 2.29. The Hall–Kier alpha value is -3.77. The fourth-order valence-corrected chi connectivity index (χ4v) is 5.51. The maximum absolute atomic E-state index is 16.0. The van der Waals surface area contributed by atoms with E-state index in [1.807, 2.05) is 11.0 Å². The van der Waals surface area contributed by atoms with Gasteiger partial charge in [0.1, 0.15) is 23.0 Å². The molecular weight excluding hydrogens is 496 g/mol. The van der Waals surface area contributed by atoms with Crippen LogP contribution in [0.5, 0.6) is 5.88 Å². The number of aromatic nitrogens is 2. The highest BCUT2D eigenvalue weighted by atomic mass is 35.5. The molecule has 0 saturated carbocycles. The molecule has 1 atom stereocenters. The zero-order valence-corrected chi connectivity index (χ0v) is 19.5. The molecule has 1 unspecified atom stereocenters. The third-order valence-corrected chi connectivity index (χ3v) is 7.12. The maximum Gasteiger partial charge on any atom is 0.232 e. The minimum Gasteiger partial charge on any atom is -0.492 e. The number of thiazole rings is 1. The van der Waals surface area contributed by atoms with Crippen LogP contribution in [-0.4, -0.2) is 40.8 Å². The molecule has 0 amide bonds. The minimum atomic E-state index is -0.850. The molecule has 0 spiro atoms. The van der Waals surface area contributed by atoms with E-state index >= 15 is 4.39 Å². The number of piperazine rings is 1. The van der Waals surface area contributed by atoms with Crippen molar-refractivity contribution in [3.8, 4) is 29.1 Å². The Morgan fingerprint density at radius 2 is 2.09 bits per heavy atom. The lowest BCUT2D eigenvalue weighted by Gasteiger charge is -2.35. The van der Waals surface area contributed by atoms with Gasteiger partial charge in [0.25, 0.3) is 0 Å². The summed E-state index contributed by atoms with van der Waals surface area (Å²) < 4.78 is 30.5. The van der Waals surface area contributed by atoms with E-state index < -0.39 is 17.5 Å². The van der Waals surface area contributed by atoms with Crippen molar-refractivity contribution in [1.29, 1.82) is 10.5 Å². The second-order valence-corrected chi connectivity index (χ2v) is 9.44. The average molecular weight is 512 g/mol. The highest BCUT2D eigenvalue weighted by Crippen LogP contribution is 2.44. The van der Waals surface area contributed by atoms with Crippen molar-refractivity contribution in [2.24, 2.45) is 0 Å². The summed E-state index contributed by atoms with van der Waals surface area (Å²) >= 11 is 7.51. The molecular formula is C23H16ClF2N7OS. The van der Waals surface area contributed by atoms with Crippen LogP contribution in [0.2, 0.25) is 5.02 Å². The fourth-order valence-electron chi connectivity index (χ4n) is 4.45. The van der Waals surface area contributed by atoms with Gasteiger partial charge in [-0.15, -0.1) is 0 Å². The number of hydrogen-bond acceptors (Lipinski definition) is 9. The number of nitrogens with two attached hydrogens (primary N) is 1. The summed E-state index contributed by atoms with van der Waals surface area (Å²) in [6, 6.07) is 7.91. The number of pyridine rings is 1. The Kier molecular flexibility index (Phi) is 5.77. The van der Waals surface area contributed by atoms with E-state index in [-0.39, 0.29) is 66.1 Å². The maximum atomic E-state index is 16.0. The molecule has 8 nitrogen and oxygen atoms in total. The summed E-state index contributed by atoms with van der Waals surface area (Å²) in [6.07, 6.45) is 0.240. The smallest absolute Gasteiger partial charge is 0.232 e. The fraction of sp³-hybridized carbons (Fsp3) is 0.217. The van der Waals surface area contributed by atoms with Crippen LogP contribution in [0, 0.1) is 34.3 Å². The second-order valence-electron chi connectivity index (χ2n) is 8.00. The number of anilines is 2. The third kappa shape index (κ3) is 3.74. The first kappa shape index (κ1) is 23.0. The predicted octanol–water partition coefficient (Wildman–Crippen LogP) is 4.29. The van der Waals surface area contributed by atoms with Gasteiger partial charge >= 0.3 is 0 Å².